The van der Waals surface area contributed by atoms with E-state index in [0.29, 0.717) is 11.4 Å². The molecule has 7 nitrogen and oxygen atoms in total. The highest BCUT2D eigenvalue weighted by atomic mass is 19.4. The second-order valence-corrected chi connectivity index (χ2v) is 10.6. The Morgan fingerprint density at radius 3 is 2.36 bits per heavy atom. The van der Waals surface area contributed by atoms with E-state index >= 15 is 0 Å². The second-order valence-electron chi connectivity index (χ2n) is 10.6. The number of amides is 3. The van der Waals surface area contributed by atoms with Gasteiger partial charge in [0.15, 0.2) is 0 Å². The van der Waals surface area contributed by atoms with Crippen LogP contribution in [0.5, 0.6) is 0 Å². The van der Waals surface area contributed by atoms with E-state index in [-0.39, 0.29) is 36.9 Å². The molecule has 1 aliphatic carbocycles. The zero-order chi connectivity index (χ0) is 30.1. The molecule has 3 aromatic rings. The van der Waals surface area contributed by atoms with Crippen LogP contribution in [0.15, 0.2) is 72.9 Å². The van der Waals surface area contributed by atoms with Crippen molar-refractivity contribution in [1.82, 2.24) is 10.3 Å². The first-order valence-corrected chi connectivity index (χ1v) is 14.2. The molecule has 0 saturated heterocycles. The molecule has 3 amide bonds. The van der Waals surface area contributed by atoms with Gasteiger partial charge in [0.05, 0.1) is 5.56 Å². The quantitative estimate of drug-likeness (QED) is 0.278. The average Bonchev–Trinajstić information content (AvgIpc) is 2.97. The van der Waals surface area contributed by atoms with Gasteiger partial charge in [-0.05, 0) is 62.1 Å². The van der Waals surface area contributed by atoms with E-state index in [1.54, 1.807) is 42.5 Å². The summed E-state index contributed by atoms with van der Waals surface area (Å²) in [5, 5.41) is 5.71. The molecule has 0 bridgehead atoms. The fraction of sp³-hybridized carbons (Fsp3) is 0.375. The van der Waals surface area contributed by atoms with Gasteiger partial charge in [0.2, 0.25) is 17.7 Å². The summed E-state index contributed by atoms with van der Waals surface area (Å²) in [6.45, 7) is 1.88. The van der Waals surface area contributed by atoms with Crippen LogP contribution in [0, 0.1) is 6.92 Å². The molecule has 1 saturated carbocycles. The summed E-state index contributed by atoms with van der Waals surface area (Å²) in [5.74, 6) is -0.996. The number of pyridine rings is 1. The average molecular weight is 581 g/mol. The molecule has 1 atom stereocenters. The first kappa shape index (κ1) is 30.7. The van der Waals surface area contributed by atoms with Crippen molar-refractivity contribution in [1.29, 1.82) is 0 Å². The summed E-state index contributed by atoms with van der Waals surface area (Å²) in [7, 11) is 0. The number of nitrogens with zero attached hydrogens (tertiary/aromatic N) is 2. The largest absolute Gasteiger partial charge is 0.416 e. The summed E-state index contributed by atoms with van der Waals surface area (Å²) in [6, 6.07) is 15.3. The van der Waals surface area contributed by atoms with Crippen LogP contribution in [-0.2, 0) is 20.6 Å². The molecule has 222 valence electrons. The minimum Gasteiger partial charge on any atom is -0.351 e. The number of carbonyl (C=O) groups excluding carboxylic acids is 3. The number of anilines is 2. The molecule has 0 spiro atoms. The number of alkyl halides is 3. The maximum Gasteiger partial charge on any atom is 0.416 e. The monoisotopic (exact) mass is 580 g/mol. The fourth-order valence-electron chi connectivity index (χ4n) is 5.13. The van der Waals surface area contributed by atoms with Crippen LogP contribution in [0.3, 0.4) is 0 Å². The van der Waals surface area contributed by atoms with E-state index in [1.807, 2.05) is 6.92 Å². The molecular formula is C32H35F3N4O3. The van der Waals surface area contributed by atoms with Crippen LogP contribution in [0.4, 0.5) is 24.7 Å². The van der Waals surface area contributed by atoms with Gasteiger partial charge in [-0.15, -0.1) is 0 Å². The van der Waals surface area contributed by atoms with Crippen LogP contribution in [0.2, 0.25) is 0 Å². The molecule has 1 aromatic heterocycles. The Hall–Kier alpha value is -4.21. The van der Waals surface area contributed by atoms with Crippen LogP contribution in [0.1, 0.15) is 74.1 Å². The van der Waals surface area contributed by atoms with E-state index in [9.17, 15) is 27.6 Å². The smallest absolute Gasteiger partial charge is 0.351 e. The molecule has 10 heteroatoms. The first-order valence-electron chi connectivity index (χ1n) is 14.2. The Kier molecular flexibility index (Phi) is 10.3. The van der Waals surface area contributed by atoms with Gasteiger partial charge in [-0.1, -0.05) is 61.2 Å². The van der Waals surface area contributed by atoms with Gasteiger partial charge in [-0.3, -0.25) is 19.3 Å². The Morgan fingerprint density at radius 2 is 1.69 bits per heavy atom. The van der Waals surface area contributed by atoms with Gasteiger partial charge in [0.25, 0.3) is 0 Å². The molecule has 0 aliphatic heterocycles. The lowest BCUT2D eigenvalue weighted by Gasteiger charge is -2.34. The third-order valence-electron chi connectivity index (χ3n) is 7.30. The highest BCUT2D eigenvalue weighted by Crippen LogP contribution is 2.35. The number of rotatable bonds is 10. The number of carbonyl (C=O) groups is 3. The summed E-state index contributed by atoms with van der Waals surface area (Å²) >= 11 is 0. The molecule has 2 aromatic carbocycles. The van der Waals surface area contributed by atoms with Crippen molar-refractivity contribution in [3.8, 4) is 0 Å². The lowest BCUT2D eigenvalue weighted by atomic mass is 9.94. The van der Waals surface area contributed by atoms with Crippen LogP contribution >= 0.6 is 0 Å². The van der Waals surface area contributed by atoms with Crippen molar-refractivity contribution in [2.75, 3.05) is 10.2 Å². The van der Waals surface area contributed by atoms with Gasteiger partial charge in [-0.2, -0.15) is 13.2 Å². The fourth-order valence-corrected chi connectivity index (χ4v) is 5.13. The van der Waals surface area contributed by atoms with Crippen molar-refractivity contribution in [2.24, 2.45) is 0 Å². The maximum atomic E-state index is 13.9. The molecule has 0 unspecified atom stereocenters. The van der Waals surface area contributed by atoms with Gasteiger partial charge in [0.1, 0.15) is 11.9 Å². The van der Waals surface area contributed by atoms with Gasteiger partial charge in [0, 0.05) is 30.8 Å². The van der Waals surface area contributed by atoms with Crippen molar-refractivity contribution in [2.45, 2.75) is 76.6 Å². The van der Waals surface area contributed by atoms with Gasteiger partial charge >= 0.3 is 6.18 Å². The number of aryl methyl sites for hydroxylation is 1. The van der Waals surface area contributed by atoms with Crippen LogP contribution < -0.4 is 15.5 Å². The molecule has 1 heterocycles. The second kappa shape index (κ2) is 14.1. The van der Waals surface area contributed by atoms with E-state index in [1.165, 1.54) is 18.3 Å². The third-order valence-corrected chi connectivity index (χ3v) is 7.30. The summed E-state index contributed by atoms with van der Waals surface area (Å²) in [4.78, 5) is 45.4. The number of halogens is 3. The Morgan fingerprint density at radius 1 is 0.952 bits per heavy atom. The Balaban J connectivity index is 1.64. The lowest BCUT2D eigenvalue weighted by Crippen LogP contribution is -2.47. The van der Waals surface area contributed by atoms with Crippen LogP contribution in [0.25, 0.3) is 0 Å². The molecule has 4 rings (SSSR count). The van der Waals surface area contributed by atoms with E-state index < -0.39 is 29.6 Å². The molecule has 2 N–H and O–H groups in total. The molecule has 0 radical (unpaired) electrons. The Labute approximate surface area is 243 Å². The molecule has 42 heavy (non-hydrogen) atoms. The summed E-state index contributed by atoms with van der Waals surface area (Å²) < 4.78 is 41.1. The lowest BCUT2D eigenvalue weighted by molar-refractivity contribution is -0.137. The standard InChI is InChI=1S/C32H35F3N4O3/c1-22-16-18-23(19-17-22)30(31(42)37-25-10-3-2-4-11-25)39(26-12-7-9-24(21-26)32(33,34)35)29(41)15-8-14-28(40)38-27-13-5-6-20-36-27/h5-7,9,12-13,16-21,25,30H,2-4,8,10-11,14-15H2,1H3,(H,37,42)(H,36,38,40)/t30-/m1/s1. The molecule has 1 aliphatic rings. The number of benzene rings is 2. The van der Waals surface area contributed by atoms with Crippen molar-refractivity contribution < 1.29 is 27.6 Å². The molecular weight excluding hydrogens is 545 g/mol. The highest BCUT2D eigenvalue weighted by Gasteiger charge is 2.36. The van der Waals surface area contributed by atoms with E-state index in [2.05, 4.69) is 15.6 Å². The zero-order valence-corrected chi connectivity index (χ0v) is 23.5. The van der Waals surface area contributed by atoms with Gasteiger partial charge < -0.3 is 10.6 Å². The number of nitrogens with one attached hydrogen (secondary N) is 2. The minimum atomic E-state index is -4.64. The van der Waals surface area contributed by atoms with Crippen molar-refractivity contribution in [3.05, 3.63) is 89.6 Å². The predicted octanol–water partition coefficient (Wildman–Crippen LogP) is 6.74. The number of hydrogen-bond acceptors (Lipinski definition) is 4. The summed E-state index contributed by atoms with van der Waals surface area (Å²) in [5.41, 5.74) is 0.439. The first-order chi connectivity index (χ1) is 20.1. The van der Waals surface area contributed by atoms with Crippen molar-refractivity contribution in [3.63, 3.8) is 0 Å². The van der Waals surface area contributed by atoms with Gasteiger partial charge in [-0.25, -0.2) is 4.98 Å². The maximum absolute atomic E-state index is 13.9. The third kappa shape index (κ3) is 8.41. The molecule has 1 fully saturated rings. The predicted molar refractivity (Wildman–Crippen MR) is 155 cm³/mol. The minimum absolute atomic E-state index is 0.0117. The normalized spacial score (nSPS) is 14.6. The van der Waals surface area contributed by atoms with E-state index in [0.717, 1.165) is 54.7 Å². The number of hydrogen-bond donors (Lipinski definition) is 2. The highest BCUT2D eigenvalue weighted by molar-refractivity contribution is 6.01. The van der Waals surface area contributed by atoms with Crippen LogP contribution in [-0.4, -0.2) is 28.7 Å². The Bertz CT molecular complexity index is 1360. The number of aromatic nitrogens is 1. The van der Waals surface area contributed by atoms with E-state index in [4.69, 9.17) is 0 Å². The summed E-state index contributed by atoms with van der Waals surface area (Å²) in [6.07, 6.45) is 1.47. The topological polar surface area (TPSA) is 91.4 Å². The van der Waals surface area contributed by atoms with Crippen molar-refractivity contribution >= 4 is 29.2 Å². The zero-order valence-electron chi connectivity index (χ0n) is 23.5. The SMILES string of the molecule is Cc1ccc([C@H](C(=O)NC2CCCCC2)N(C(=O)CCCC(=O)Nc2ccccn2)c2cccc(C(F)(F)F)c2)cc1.